The first-order valence-corrected chi connectivity index (χ1v) is 13.2. The molecule has 0 spiro atoms. The molecule has 3 atom stereocenters. The van der Waals surface area contributed by atoms with Crippen LogP contribution < -0.4 is 4.74 Å². The Kier molecular flexibility index (Phi) is 18.9. The zero-order valence-electron chi connectivity index (χ0n) is 24.2. The summed E-state index contributed by atoms with van der Waals surface area (Å²) in [7, 11) is 0. The average Bonchev–Trinajstić information content (AvgIpc) is 2.96. The van der Waals surface area contributed by atoms with Crippen LogP contribution >= 0.6 is 0 Å². The van der Waals surface area contributed by atoms with Crippen molar-refractivity contribution in [3.8, 4) is 11.8 Å². The Labute approximate surface area is 259 Å². The second kappa shape index (κ2) is 21.1. The van der Waals surface area contributed by atoms with Crippen molar-refractivity contribution < 1.29 is 84.7 Å². The van der Waals surface area contributed by atoms with E-state index in [-0.39, 0.29) is 56.6 Å². The molecule has 0 saturated carbocycles. The Balaban J connectivity index is 2.23. The fourth-order valence-electron chi connectivity index (χ4n) is 3.07. The molecule has 0 aliphatic heterocycles. The average molecular weight is 681 g/mol. The largest absolute Gasteiger partial charge is 0.495 e. The number of aliphatic hydroxyl groups is 4. The van der Waals surface area contributed by atoms with Crippen molar-refractivity contribution in [2.24, 2.45) is 0 Å². The predicted octanol–water partition coefficient (Wildman–Crippen LogP) is 1.41. The van der Waals surface area contributed by atoms with Crippen molar-refractivity contribution in [1.82, 2.24) is 0 Å². The third-order valence-corrected chi connectivity index (χ3v) is 4.90. The summed E-state index contributed by atoms with van der Waals surface area (Å²) in [5.41, 5.74) is 0.0836. The molecule has 46 heavy (non-hydrogen) atoms. The molecule has 0 saturated heterocycles. The van der Waals surface area contributed by atoms with Gasteiger partial charge in [0.25, 0.3) is 0 Å². The van der Waals surface area contributed by atoms with E-state index in [1.807, 2.05) is 6.07 Å². The third-order valence-electron chi connectivity index (χ3n) is 4.90. The molecule has 0 aliphatic carbocycles. The Morgan fingerprint density at radius 3 is 1.80 bits per heavy atom. The number of ether oxygens (including phenoxy) is 8. The van der Waals surface area contributed by atoms with Gasteiger partial charge in [0, 0.05) is 0 Å². The molecular weight excluding hydrogens is 646 g/mol. The Morgan fingerprint density at radius 1 is 0.739 bits per heavy atom. The van der Waals surface area contributed by atoms with E-state index in [1.165, 1.54) is 18.2 Å². The molecule has 0 aromatic heterocycles. The van der Waals surface area contributed by atoms with Gasteiger partial charge in [-0.05, 0) is 6.07 Å². The summed E-state index contributed by atoms with van der Waals surface area (Å²) in [6.07, 6.45) is -18.9. The standard InChI is InChI=1S/C26H34F6N2O12/c1-34-22-3-2-4-23(21(22)9-33)44-15-20(38)13-42-12-18(36)11-40-7-8-41-16-24(27,28)45-26(31,32)46-25(29,30)17-43-14-19(37)10-39-6-5-35/h2-4,18-20,35-38H,5-8,10-17H2. The molecule has 262 valence electrons. The second-order valence-electron chi connectivity index (χ2n) is 9.07. The van der Waals surface area contributed by atoms with Crippen LogP contribution in [0.3, 0.4) is 0 Å². The van der Waals surface area contributed by atoms with Crippen molar-refractivity contribution in [1.29, 1.82) is 5.26 Å². The van der Waals surface area contributed by atoms with Gasteiger partial charge < -0.3 is 48.8 Å². The summed E-state index contributed by atoms with van der Waals surface area (Å²) in [5, 5.41) is 46.8. The molecule has 1 aromatic rings. The minimum Gasteiger partial charge on any atom is -0.491 e. The van der Waals surface area contributed by atoms with Gasteiger partial charge in [-0.25, -0.2) is 14.3 Å². The van der Waals surface area contributed by atoms with Gasteiger partial charge in [0.15, 0.2) is 0 Å². The molecule has 0 bridgehead atoms. The number of alkyl halides is 6. The monoisotopic (exact) mass is 680 g/mol. The molecule has 1 aromatic carbocycles. The SMILES string of the molecule is [C-]#[N+]c1cccc(OCC(O)COCC(O)COCCOCC(F)(F)OC(F)(F)OC(F)(F)COCC(O)COCCO)c1C#N. The molecule has 3 unspecified atom stereocenters. The van der Waals surface area contributed by atoms with Gasteiger partial charge in [-0.1, -0.05) is 12.1 Å². The number of halogens is 6. The van der Waals surface area contributed by atoms with Crippen LogP contribution in [0.4, 0.5) is 32.0 Å². The number of hydrogen-bond donors (Lipinski definition) is 4. The molecule has 0 aliphatic rings. The maximum Gasteiger partial charge on any atom is 0.495 e. The van der Waals surface area contributed by atoms with Crippen LogP contribution in [0.25, 0.3) is 4.85 Å². The molecule has 14 nitrogen and oxygen atoms in total. The molecule has 0 heterocycles. The molecule has 1 rings (SSSR count). The van der Waals surface area contributed by atoms with Gasteiger partial charge in [0.2, 0.25) is 5.69 Å². The molecular formula is C26H34F6N2O12. The minimum absolute atomic E-state index is 0.00407. The van der Waals surface area contributed by atoms with Crippen molar-refractivity contribution in [2.75, 3.05) is 79.3 Å². The first-order valence-electron chi connectivity index (χ1n) is 13.2. The van der Waals surface area contributed by atoms with Crippen molar-refractivity contribution in [3.63, 3.8) is 0 Å². The lowest BCUT2D eigenvalue weighted by atomic mass is 10.2. The highest BCUT2D eigenvalue weighted by atomic mass is 19.3. The van der Waals surface area contributed by atoms with Gasteiger partial charge in [-0.3, -0.25) is 0 Å². The minimum atomic E-state index is -5.48. The summed E-state index contributed by atoms with van der Waals surface area (Å²) in [4.78, 5) is 3.19. The highest BCUT2D eigenvalue weighted by Gasteiger charge is 2.52. The van der Waals surface area contributed by atoms with E-state index < -0.39 is 76.5 Å². The summed E-state index contributed by atoms with van der Waals surface area (Å²) < 4.78 is 116. The highest BCUT2D eigenvalue weighted by molar-refractivity contribution is 5.64. The van der Waals surface area contributed by atoms with Crippen LogP contribution in [0.15, 0.2) is 18.2 Å². The summed E-state index contributed by atoms with van der Waals surface area (Å²) in [5.74, 6) is 0.0936. The van der Waals surface area contributed by atoms with Crippen LogP contribution in [0.5, 0.6) is 5.75 Å². The number of aliphatic hydroxyl groups excluding tert-OH is 4. The zero-order chi connectivity index (χ0) is 34.6. The summed E-state index contributed by atoms with van der Waals surface area (Å²) >= 11 is 0. The maximum absolute atomic E-state index is 13.7. The summed E-state index contributed by atoms with van der Waals surface area (Å²) in [6.45, 7) is -0.691. The fraction of sp³-hybridized carbons (Fsp3) is 0.692. The molecule has 0 fully saturated rings. The lowest BCUT2D eigenvalue weighted by Crippen LogP contribution is -2.44. The number of hydrogen-bond acceptors (Lipinski definition) is 13. The molecule has 0 amide bonds. The third kappa shape index (κ3) is 18.3. The van der Waals surface area contributed by atoms with Crippen molar-refractivity contribution in [2.45, 2.75) is 36.8 Å². The fourth-order valence-corrected chi connectivity index (χ4v) is 3.07. The van der Waals surface area contributed by atoms with Crippen LogP contribution in [-0.2, 0) is 33.2 Å². The van der Waals surface area contributed by atoms with Gasteiger partial charge >= 0.3 is 18.5 Å². The van der Waals surface area contributed by atoms with Gasteiger partial charge in [0.05, 0.1) is 72.1 Å². The maximum atomic E-state index is 13.7. The topological polar surface area (TPSA) is 183 Å². The van der Waals surface area contributed by atoms with Crippen LogP contribution in [0.2, 0.25) is 0 Å². The first kappa shape index (κ1) is 41.2. The van der Waals surface area contributed by atoms with Gasteiger partial charge in [-0.2, -0.15) is 22.8 Å². The number of nitrogens with zero attached hydrogens (tertiary/aromatic N) is 2. The van der Waals surface area contributed by atoms with Gasteiger partial charge in [-0.15, -0.1) is 8.78 Å². The second-order valence-corrected chi connectivity index (χ2v) is 9.07. The number of benzene rings is 1. The van der Waals surface area contributed by atoms with E-state index in [0.717, 1.165) is 0 Å². The smallest absolute Gasteiger partial charge is 0.491 e. The van der Waals surface area contributed by atoms with Crippen molar-refractivity contribution in [3.05, 3.63) is 35.2 Å². The predicted molar refractivity (Wildman–Crippen MR) is 139 cm³/mol. The van der Waals surface area contributed by atoms with E-state index in [1.54, 1.807) is 0 Å². The zero-order valence-corrected chi connectivity index (χ0v) is 24.2. The van der Waals surface area contributed by atoms with E-state index in [2.05, 4.69) is 23.8 Å². The van der Waals surface area contributed by atoms with E-state index in [0.29, 0.717) is 0 Å². The molecule has 4 N–H and O–H groups in total. The van der Waals surface area contributed by atoms with Crippen molar-refractivity contribution >= 4 is 5.69 Å². The quantitative estimate of drug-likeness (QED) is 0.0478. The van der Waals surface area contributed by atoms with Crippen LogP contribution in [0, 0.1) is 17.9 Å². The van der Waals surface area contributed by atoms with E-state index in [9.17, 15) is 41.7 Å². The van der Waals surface area contributed by atoms with E-state index in [4.69, 9.17) is 35.9 Å². The Morgan fingerprint density at radius 2 is 1.24 bits per heavy atom. The highest BCUT2D eigenvalue weighted by Crippen LogP contribution is 2.33. The van der Waals surface area contributed by atoms with E-state index >= 15 is 0 Å². The molecule has 20 heteroatoms. The van der Waals surface area contributed by atoms with Crippen LogP contribution in [0.1, 0.15) is 5.56 Å². The normalized spacial score (nSPS) is 14.3. The number of rotatable bonds is 26. The molecule has 0 radical (unpaired) electrons. The Bertz CT molecular complexity index is 1090. The van der Waals surface area contributed by atoms with Crippen LogP contribution in [-0.4, -0.2) is 137 Å². The van der Waals surface area contributed by atoms with Gasteiger partial charge in [0.1, 0.15) is 49.4 Å². The lowest BCUT2D eigenvalue weighted by molar-refractivity contribution is -0.518. The lowest BCUT2D eigenvalue weighted by Gasteiger charge is -2.26. The summed E-state index contributed by atoms with van der Waals surface area (Å²) in [6, 6.07) is 6.21. The first-order chi connectivity index (χ1) is 21.6. The number of nitriles is 1. The Hall–Kier alpha value is -2.86.